The van der Waals surface area contributed by atoms with Gasteiger partial charge in [0.05, 0.1) is 6.54 Å². The van der Waals surface area contributed by atoms with Gasteiger partial charge in [0.1, 0.15) is 5.82 Å². The van der Waals surface area contributed by atoms with Gasteiger partial charge in [0.15, 0.2) is 5.96 Å². The van der Waals surface area contributed by atoms with Gasteiger partial charge >= 0.3 is 6.55 Å². The molecule has 0 saturated carbocycles. The average molecular weight is 429 g/mol. The molecule has 0 bridgehead atoms. The highest BCUT2D eigenvalue weighted by atomic mass is 127. The third kappa shape index (κ3) is 7.37. The van der Waals surface area contributed by atoms with Crippen LogP contribution >= 0.6 is 24.0 Å². The second-order valence-electron chi connectivity index (χ2n) is 5.00. The van der Waals surface area contributed by atoms with Crippen molar-refractivity contribution in [1.29, 1.82) is 0 Å². The van der Waals surface area contributed by atoms with Crippen LogP contribution in [0.5, 0.6) is 0 Å². The number of aliphatic imine (C=N–C) groups is 1. The maximum Gasteiger partial charge on any atom is 0.319 e. The Labute approximate surface area is 148 Å². The number of alkyl halides is 2. The lowest BCUT2D eigenvalue weighted by atomic mass is 10.1. The van der Waals surface area contributed by atoms with Crippen LogP contribution in [0.3, 0.4) is 0 Å². The maximum atomic E-state index is 12.7. The zero-order valence-electron chi connectivity index (χ0n) is 13.4. The minimum absolute atomic E-state index is 0. The van der Waals surface area contributed by atoms with E-state index in [9.17, 15) is 8.78 Å². The van der Waals surface area contributed by atoms with Crippen molar-refractivity contribution in [3.63, 3.8) is 0 Å². The van der Waals surface area contributed by atoms with Crippen molar-refractivity contribution >= 4 is 29.9 Å². The predicted octanol–water partition coefficient (Wildman–Crippen LogP) is 3.53. The molecule has 1 rings (SSSR count). The Morgan fingerprint density at radius 1 is 1.41 bits per heavy atom. The van der Waals surface area contributed by atoms with Crippen LogP contribution in [0.15, 0.2) is 17.4 Å². The van der Waals surface area contributed by atoms with Crippen LogP contribution in [0.2, 0.25) is 0 Å². The summed E-state index contributed by atoms with van der Waals surface area (Å²) in [7, 11) is 1.66. The van der Waals surface area contributed by atoms with Crippen LogP contribution < -0.4 is 10.6 Å². The zero-order valence-corrected chi connectivity index (χ0v) is 15.7. The zero-order chi connectivity index (χ0) is 15.7. The molecule has 22 heavy (non-hydrogen) atoms. The van der Waals surface area contributed by atoms with Gasteiger partial charge in [-0.15, -0.1) is 24.0 Å². The highest BCUT2D eigenvalue weighted by Gasteiger charge is 2.12. The number of guanidine groups is 1. The predicted molar refractivity (Wildman–Crippen MR) is 95.8 cm³/mol. The Balaban J connectivity index is 0.00000441. The quantitative estimate of drug-likeness (QED) is 0.288. The normalized spacial score (nSPS) is 12.9. The summed E-state index contributed by atoms with van der Waals surface area (Å²) in [5.41, 5.74) is 0. The molecule has 128 valence electrons. The van der Waals surface area contributed by atoms with E-state index in [0.717, 1.165) is 17.4 Å². The first-order valence-corrected chi connectivity index (χ1v) is 7.35. The summed E-state index contributed by atoms with van der Waals surface area (Å²) in [4.78, 5) is 8.02. The van der Waals surface area contributed by atoms with Gasteiger partial charge in [0, 0.05) is 25.5 Å². The summed E-state index contributed by atoms with van der Waals surface area (Å²) in [6, 6.07) is 0.289. The van der Waals surface area contributed by atoms with E-state index in [4.69, 9.17) is 0 Å². The van der Waals surface area contributed by atoms with Gasteiger partial charge in [-0.25, -0.2) is 4.98 Å². The van der Waals surface area contributed by atoms with Crippen molar-refractivity contribution in [3.8, 4) is 0 Å². The first-order valence-electron chi connectivity index (χ1n) is 7.35. The number of nitrogens with one attached hydrogen (secondary N) is 2. The van der Waals surface area contributed by atoms with Crippen molar-refractivity contribution in [3.05, 3.63) is 18.2 Å². The molecule has 0 fully saturated rings. The molecule has 5 nitrogen and oxygen atoms in total. The molecule has 0 aliphatic carbocycles. The monoisotopic (exact) mass is 429 g/mol. The summed E-state index contributed by atoms with van der Waals surface area (Å²) in [6.45, 7) is 1.89. The molecule has 0 aromatic carbocycles. The van der Waals surface area contributed by atoms with Crippen LogP contribution in [-0.2, 0) is 6.54 Å². The molecule has 1 atom stereocenters. The van der Waals surface area contributed by atoms with Gasteiger partial charge in [0.2, 0.25) is 0 Å². The number of aromatic nitrogens is 2. The second-order valence-corrected chi connectivity index (χ2v) is 5.00. The van der Waals surface area contributed by atoms with Crippen LogP contribution in [0.25, 0.3) is 0 Å². The van der Waals surface area contributed by atoms with Crippen LogP contribution in [0.4, 0.5) is 8.78 Å². The Morgan fingerprint density at radius 2 is 2.14 bits per heavy atom. The lowest BCUT2D eigenvalue weighted by Crippen LogP contribution is -2.42. The number of unbranched alkanes of at least 4 members (excludes halogenated alkanes) is 2. The van der Waals surface area contributed by atoms with E-state index < -0.39 is 6.55 Å². The van der Waals surface area contributed by atoms with E-state index in [0.29, 0.717) is 5.96 Å². The molecule has 0 saturated heterocycles. The third-order valence-electron chi connectivity index (χ3n) is 3.22. The highest BCUT2D eigenvalue weighted by molar-refractivity contribution is 14.0. The fourth-order valence-electron chi connectivity index (χ4n) is 2.02. The molecule has 0 aliphatic heterocycles. The topological polar surface area (TPSA) is 54.2 Å². The molecular formula is C14H26F2IN5. The Bertz CT molecular complexity index is 437. The molecule has 0 radical (unpaired) electrons. The van der Waals surface area contributed by atoms with Crippen molar-refractivity contribution in [1.82, 2.24) is 20.2 Å². The number of nitrogens with zero attached hydrogens (tertiary/aromatic N) is 3. The van der Waals surface area contributed by atoms with Crippen molar-refractivity contribution in [2.24, 2.45) is 4.99 Å². The minimum Gasteiger partial charge on any atom is -0.354 e. The van der Waals surface area contributed by atoms with E-state index in [2.05, 4.69) is 34.5 Å². The summed E-state index contributed by atoms with van der Waals surface area (Å²) in [5, 5.41) is 6.26. The van der Waals surface area contributed by atoms with Crippen LogP contribution in [0.1, 0.15) is 51.9 Å². The molecule has 2 N–H and O–H groups in total. The lowest BCUT2D eigenvalue weighted by molar-refractivity contribution is 0.0668. The van der Waals surface area contributed by atoms with Gasteiger partial charge in [-0.2, -0.15) is 8.78 Å². The number of halogens is 3. The fraction of sp³-hybridized carbons (Fsp3) is 0.714. The minimum atomic E-state index is -2.58. The summed E-state index contributed by atoms with van der Waals surface area (Å²) >= 11 is 0. The van der Waals surface area contributed by atoms with Gasteiger partial charge < -0.3 is 10.6 Å². The number of rotatable bonds is 8. The maximum absolute atomic E-state index is 12.7. The SMILES string of the molecule is CCCCCC(C)NC(=NC)NCc1nccn1C(F)F.I. The van der Waals surface area contributed by atoms with Crippen LogP contribution in [-0.4, -0.2) is 28.6 Å². The second kappa shape index (κ2) is 11.6. The van der Waals surface area contributed by atoms with Gasteiger partial charge in [-0.1, -0.05) is 26.2 Å². The van der Waals surface area contributed by atoms with E-state index in [1.165, 1.54) is 25.2 Å². The fourth-order valence-corrected chi connectivity index (χ4v) is 2.02. The standard InChI is InChI=1S/C14H25F2N5.HI/c1-4-5-6-7-11(2)20-14(17-3)19-10-12-18-8-9-21(12)13(15)16;/h8-9,11,13H,4-7,10H2,1-3H3,(H2,17,19,20);1H. The molecular weight excluding hydrogens is 403 g/mol. The molecule has 0 amide bonds. The van der Waals surface area contributed by atoms with Crippen LogP contribution in [0, 0.1) is 0 Å². The largest absolute Gasteiger partial charge is 0.354 e. The molecule has 1 aromatic heterocycles. The van der Waals surface area contributed by atoms with E-state index in [1.54, 1.807) is 7.05 Å². The number of imidazole rings is 1. The highest BCUT2D eigenvalue weighted by Crippen LogP contribution is 2.11. The molecule has 0 spiro atoms. The third-order valence-corrected chi connectivity index (χ3v) is 3.22. The van der Waals surface area contributed by atoms with Crippen molar-refractivity contribution in [2.45, 2.75) is 58.7 Å². The van der Waals surface area contributed by atoms with Gasteiger partial charge in [-0.3, -0.25) is 9.56 Å². The molecule has 1 unspecified atom stereocenters. The van der Waals surface area contributed by atoms with Crippen molar-refractivity contribution in [2.75, 3.05) is 7.05 Å². The number of hydrogen-bond acceptors (Lipinski definition) is 2. The van der Waals surface area contributed by atoms with Crippen molar-refractivity contribution < 1.29 is 8.78 Å². The van der Waals surface area contributed by atoms with Gasteiger partial charge in [0.25, 0.3) is 0 Å². The molecule has 1 aromatic rings. The average Bonchev–Trinajstić information content (AvgIpc) is 2.92. The summed E-state index contributed by atoms with van der Waals surface area (Å²) in [5.74, 6) is 0.884. The Morgan fingerprint density at radius 3 is 2.73 bits per heavy atom. The first kappa shape index (κ1) is 21.1. The summed E-state index contributed by atoms with van der Waals surface area (Å²) in [6.07, 6.45) is 7.26. The Kier molecular flexibility index (Phi) is 11.1. The van der Waals surface area contributed by atoms with E-state index in [-0.39, 0.29) is 42.4 Å². The van der Waals surface area contributed by atoms with Gasteiger partial charge in [-0.05, 0) is 13.3 Å². The summed E-state index contributed by atoms with van der Waals surface area (Å²) < 4.78 is 26.2. The Hall–Kier alpha value is -0.930. The first-order chi connectivity index (χ1) is 10.1. The van der Waals surface area contributed by atoms with E-state index >= 15 is 0 Å². The molecule has 1 heterocycles. The molecule has 8 heteroatoms. The molecule has 0 aliphatic rings. The lowest BCUT2D eigenvalue weighted by Gasteiger charge is -2.18. The number of hydrogen-bond donors (Lipinski definition) is 2. The van der Waals surface area contributed by atoms with E-state index in [1.807, 2.05) is 0 Å². The smallest absolute Gasteiger partial charge is 0.319 e.